The monoisotopic (exact) mass is 307 g/mol. The first-order valence-corrected chi connectivity index (χ1v) is 7.28. The highest BCUT2D eigenvalue weighted by Gasteiger charge is 2.11. The Morgan fingerprint density at radius 1 is 1.33 bits per heavy atom. The van der Waals surface area contributed by atoms with Crippen LogP contribution in [0.4, 0.5) is 0 Å². The Morgan fingerprint density at radius 3 is 2.81 bits per heavy atom. The molecule has 2 rings (SSSR count). The summed E-state index contributed by atoms with van der Waals surface area (Å²) in [6.45, 7) is 4.50. The Morgan fingerprint density at radius 2 is 2.10 bits per heavy atom. The Hall–Kier alpha value is -1.88. The molecular formula is C15H18ClN3O2. The molecule has 0 fully saturated rings. The summed E-state index contributed by atoms with van der Waals surface area (Å²) in [5.41, 5.74) is 0.710. The number of carbonyl (C=O) groups excluding carboxylic acids is 1. The summed E-state index contributed by atoms with van der Waals surface area (Å²) < 4.78 is 5.56. The van der Waals surface area contributed by atoms with Crippen LogP contribution < -0.4 is 5.32 Å². The van der Waals surface area contributed by atoms with E-state index in [0.717, 1.165) is 0 Å². The van der Waals surface area contributed by atoms with E-state index in [1.807, 2.05) is 32.0 Å². The van der Waals surface area contributed by atoms with E-state index < -0.39 is 0 Å². The molecule has 6 heteroatoms. The van der Waals surface area contributed by atoms with Crippen LogP contribution in [0.1, 0.15) is 26.2 Å². The topological polar surface area (TPSA) is 68.0 Å². The van der Waals surface area contributed by atoms with Crippen molar-refractivity contribution in [2.45, 2.75) is 26.7 Å². The maximum Gasteiger partial charge on any atom is 0.249 e. The molecule has 112 valence electrons. The van der Waals surface area contributed by atoms with E-state index in [1.54, 1.807) is 6.07 Å². The molecule has 2 aromatic rings. The van der Waals surface area contributed by atoms with Crippen molar-refractivity contribution >= 4 is 17.5 Å². The zero-order valence-electron chi connectivity index (χ0n) is 12.1. The highest BCUT2D eigenvalue weighted by atomic mass is 35.5. The zero-order valence-corrected chi connectivity index (χ0v) is 12.9. The van der Waals surface area contributed by atoms with Crippen molar-refractivity contribution in [3.05, 3.63) is 35.2 Å². The normalized spacial score (nSPS) is 10.9. The Kier molecular flexibility index (Phi) is 5.33. The maximum atomic E-state index is 11.5. The van der Waals surface area contributed by atoms with E-state index in [4.69, 9.17) is 16.0 Å². The standard InChI is InChI=1S/C15H18ClN3O2/c1-10(2)9-13(20)17-8-7-14-18-19-15(21-14)11-5-3-4-6-12(11)16/h3-6,10H,7-9H2,1-2H3,(H,17,20). The Labute approximate surface area is 128 Å². The molecule has 0 spiro atoms. The molecular weight excluding hydrogens is 290 g/mol. The summed E-state index contributed by atoms with van der Waals surface area (Å²) >= 11 is 6.08. The second-order valence-corrected chi connectivity index (χ2v) is 5.59. The highest BCUT2D eigenvalue weighted by molar-refractivity contribution is 6.33. The van der Waals surface area contributed by atoms with E-state index in [9.17, 15) is 4.79 Å². The summed E-state index contributed by atoms with van der Waals surface area (Å²) in [6, 6.07) is 7.29. The third-order valence-corrected chi connectivity index (χ3v) is 3.16. The second kappa shape index (κ2) is 7.22. The van der Waals surface area contributed by atoms with Gasteiger partial charge in [-0.3, -0.25) is 4.79 Å². The average molecular weight is 308 g/mol. The second-order valence-electron chi connectivity index (χ2n) is 5.18. The number of amides is 1. The molecule has 0 aliphatic rings. The van der Waals surface area contributed by atoms with Crippen LogP contribution in [0.15, 0.2) is 28.7 Å². The van der Waals surface area contributed by atoms with E-state index in [2.05, 4.69) is 15.5 Å². The average Bonchev–Trinajstić information content (AvgIpc) is 2.87. The lowest BCUT2D eigenvalue weighted by Crippen LogP contribution is -2.26. The molecule has 1 amide bonds. The number of nitrogens with one attached hydrogen (secondary N) is 1. The van der Waals surface area contributed by atoms with Crippen LogP contribution in [0.3, 0.4) is 0 Å². The SMILES string of the molecule is CC(C)CC(=O)NCCc1nnc(-c2ccccc2Cl)o1. The van der Waals surface area contributed by atoms with Crippen LogP contribution in [0.2, 0.25) is 5.02 Å². The molecule has 0 radical (unpaired) electrons. The molecule has 1 N–H and O–H groups in total. The summed E-state index contributed by atoms with van der Waals surface area (Å²) in [5, 5.41) is 11.3. The van der Waals surface area contributed by atoms with Gasteiger partial charge in [0.2, 0.25) is 17.7 Å². The molecule has 0 saturated heterocycles. The van der Waals surface area contributed by atoms with Crippen molar-refractivity contribution in [3.63, 3.8) is 0 Å². The number of aromatic nitrogens is 2. The number of hydrogen-bond donors (Lipinski definition) is 1. The fourth-order valence-electron chi connectivity index (χ4n) is 1.85. The fourth-order valence-corrected chi connectivity index (χ4v) is 2.07. The molecule has 1 aromatic heterocycles. The highest BCUT2D eigenvalue weighted by Crippen LogP contribution is 2.26. The van der Waals surface area contributed by atoms with Gasteiger partial charge >= 0.3 is 0 Å². The van der Waals surface area contributed by atoms with Crippen molar-refractivity contribution < 1.29 is 9.21 Å². The number of benzene rings is 1. The summed E-state index contributed by atoms with van der Waals surface area (Å²) in [4.78, 5) is 11.5. The molecule has 0 aliphatic carbocycles. The zero-order chi connectivity index (χ0) is 15.2. The molecule has 1 heterocycles. The predicted molar refractivity (Wildman–Crippen MR) is 80.9 cm³/mol. The van der Waals surface area contributed by atoms with Gasteiger partial charge in [0.25, 0.3) is 0 Å². The van der Waals surface area contributed by atoms with Crippen LogP contribution in [0.25, 0.3) is 11.5 Å². The first kappa shape index (κ1) is 15.5. The first-order chi connectivity index (χ1) is 10.1. The number of rotatable bonds is 6. The molecule has 0 saturated carbocycles. The minimum atomic E-state index is 0.0378. The van der Waals surface area contributed by atoms with Crippen LogP contribution in [-0.2, 0) is 11.2 Å². The Bertz CT molecular complexity index is 610. The van der Waals surface area contributed by atoms with E-state index >= 15 is 0 Å². The third kappa shape index (κ3) is 4.56. The maximum absolute atomic E-state index is 11.5. The lowest BCUT2D eigenvalue weighted by Gasteiger charge is -2.05. The number of halogens is 1. The van der Waals surface area contributed by atoms with Crippen molar-refractivity contribution in [2.24, 2.45) is 5.92 Å². The van der Waals surface area contributed by atoms with Crippen LogP contribution >= 0.6 is 11.6 Å². The van der Waals surface area contributed by atoms with Gasteiger partial charge in [-0.05, 0) is 18.1 Å². The van der Waals surface area contributed by atoms with Gasteiger partial charge in [-0.25, -0.2) is 0 Å². The third-order valence-electron chi connectivity index (χ3n) is 2.83. The fraction of sp³-hybridized carbons (Fsp3) is 0.400. The van der Waals surface area contributed by atoms with Gasteiger partial charge in [0.05, 0.1) is 10.6 Å². The lowest BCUT2D eigenvalue weighted by molar-refractivity contribution is -0.121. The van der Waals surface area contributed by atoms with E-state index in [1.165, 1.54) is 0 Å². The van der Waals surface area contributed by atoms with Crippen LogP contribution in [-0.4, -0.2) is 22.6 Å². The van der Waals surface area contributed by atoms with Gasteiger partial charge in [-0.1, -0.05) is 37.6 Å². The number of carbonyl (C=O) groups is 1. The van der Waals surface area contributed by atoms with Gasteiger partial charge in [0.15, 0.2) is 0 Å². The van der Waals surface area contributed by atoms with Crippen LogP contribution in [0, 0.1) is 5.92 Å². The number of nitrogens with zero attached hydrogens (tertiary/aromatic N) is 2. The van der Waals surface area contributed by atoms with Crippen molar-refractivity contribution in [1.82, 2.24) is 15.5 Å². The molecule has 5 nitrogen and oxygen atoms in total. The molecule has 0 unspecified atom stereocenters. The van der Waals surface area contributed by atoms with Crippen molar-refractivity contribution in [1.29, 1.82) is 0 Å². The molecule has 0 bridgehead atoms. The molecule has 1 aromatic carbocycles. The molecule has 0 atom stereocenters. The van der Waals surface area contributed by atoms with Crippen LogP contribution in [0.5, 0.6) is 0 Å². The smallest absolute Gasteiger partial charge is 0.249 e. The summed E-state index contributed by atoms with van der Waals surface area (Å²) in [7, 11) is 0. The van der Waals surface area contributed by atoms with Gasteiger partial charge in [0, 0.05) is 19.4 Å². The van der Waals surface area contributed by atoms with Crippen molar-refractivity contribution in [3.8, 4) is 11.5 Å². The van der Waals surface area contributed by atoms with Gasteiger partial charge in [-0.2, -0.15) is 0 Å². The lowest BCUT2D eigenvalue weighted by atomic mass is 10.1. The largest absolute Gasteiger partial charge is 0.421 e. The molecule has 21 heavy (non-hydrogen) atoms. The summed E-state index contributed by atoms with van der Waals surface area (Å²) in [5.74, 6) is 1.26. The van der Waals surface area contributed by atoms with Gasteiger partial charge in [-0.15, -0.1) is 10.2 Å². The van der Waals surface area contributed by atoms with E-state index in [0.29, 0.717) is 47.7 Å². The summed E-state index contributed by atoms with van der Waals surface area (Å²) in [6.07, 6.45) is 1.02. The van der Waals surface area contributed by atoms with Gasteiger partial charge in [0.1, 0.15) is 0 Å². The van der Waals surface area contributed by atoms with E-state index in [-0.39, 0.29) is 5.91 Å². The Balaban J connectivity index is 1.89. The van der Waals surface area contributed by atoms with Crippen molar-refractivity contribution in [2.75, 3.05) is 6.54 Å². The predicted octanol–water partition coefficient (Wildman–Crippen LogP) is 3.09. The number of hydrogen-bond acceptors (Lipinski definition) is 4. The molecule has 0 aliphatic heterocycles. The minimum absolute atomic E-state index is 0.0378. The quantitative estimate of drug-likeness (QED) is 0.890. The first-order valence-electron chi connectivity index (χ1n) is 6.90. The minimum Gasteiger partial charge on any atom is -0.421 e. The van der Waals surface area contributed by atoms with Gasteiger partial charge < -0.3 is 9.73 Å².